The van der Waals surface area contributed by atoms with Crippen LogP contribution >= 0.6 is 0 Å². The van der Waals surface area contributed by atoms with Crippen molar-refractivity contribution in [2.75, 3.05) is 13.2 Å². The van der Waals surface area contributed by atoms with Crippen LogP contribution in [-0.2, 0) is 28.6 Å². The summed E-state index contributed by atoms with van der Waals surface area (Å²) in [5, 5.41) is 0. The Morgan fingerprint density at radius 3 is 0.971 bits per heavy atom. The van der Waals surface area contributed by atoms with Crippen LogP contribution < -0.4 is 0 Å². The fraction of sp³-hybridized carbons (Fsp3) is 0.603. The van der Waals surface area contributed by atoms with Crippen LogP contribution in [0.5, 0.6) is 0 Å². The summed E-state index contributed by atoms with van der Waals surface area (Å²) in [5.41, 5.74) is 0. The standard InChI is InChI=1S/C63H100O6/c1-4-7-10-13-16-19-22-25-28-31-32-33-36-38-41-44-47-50-53-56-62(65)68-59-60(69-63(66)57-54-51-48-45-42-39-35-30-27-24-21-18-15-12-9-6-3)58-67-61(64)55-52-49-46-43-40-37-34-29-26-23-20-17-14-11-8-5-2/h8-9,11-12,17-18,20-21,26-27,29-32,37,39-40,42,46,48-49,51,60H,4-7,10,13-16,19,22-25,28,33-36,38,41,43-45,47,50,52-59H2,1-3H3/b11-8-,12-9-,20-17-,21-18-,29-26-,30-27-,32-31-,40-37-,42-39-,49-46-,51-48-. The van der Waals surface area contributed by atoms with Crippen LogP contribution in [0.4, 0.5) is 0 Å². The Hall–Kier alpha value is -4.45. The van der Waals surface area contributed by atoms with Gasteiger partial charge in [0.25, 0.3) is 0 Å². The monoisotopic (exact) mass is 953 g/mol. The lowest BCUT2D eigenvalue weighted by Gasteiger charge is -2.18. The van der Waals surface area contributed by atoms with Gasteiger partial charge >= 0.3 is 17.9 Å². The molecular formula is C63H100O6. The summed E-state index contributed by atoms with van der Waals surface area (Å²) in [7, 11) is 0. The first-order valence-corrected chi connectivity index (χ1v) is 27.7. The molecule has 0 aromatic heterocycles. The SMILES string of the molecule is CC/C=C\C/C=C\C/C=C\C/C=C\C/C=C\CCC(=O)OCC(COC(=O)CCCCCCCCC/C=C\CCCCCCCCCC)OC(=O)CC/C=C\C/C=C\C/C=C\C/C=C\C/C=C\CC. The van der Waals surface area contributed by atoms with E-state index in [4.69, 9.17) is 14.2 Å². The lowest BCUT2D eigenvalue weighted by Crippen LogP contribution is -2.30. The zero-order valence-electron chi connectivity index (χ0n) is 44.3. The van der Waals surface area contributed by atoms with Crippen molar-refractivity contribution in [2.45, 2.75) is 232 Å². The van der Waals surface area contributed by atoms with Gasteiger partial charge in [-0.05, 0) is 109 Å². The molecule has 0 bridgehead atoms. The predicted molar refractivity (Wildman–Crippen MR) is 297 cm³/mol. The summed E-state index contributed by atoms with van der Waals surface area (Å²) in [4.78, 5) is 38.0. The summed E-state index contributed by atoms with van der Waals surface area (Å²) in [6.45, 7) is 6.27. The van der Waals surface area contributed by atoms with E-state index in [-0.39, 0.29) is 38.0 Å². The molecule has 0 aromatic rings. The smallest absolute Gasteiger partial charge is 0.306 e. The number of unbranched alkanes of at least 4 members (excludes halogenated alkanes) is 15. The van der Waals surface area contributed by atoms with Crippen molar-refractivity contribution >= 4 is 17.9 Å². The third kappa shape index (κ3) is 54.4. The Bertz CT molecular complexity index is 1510. The van der Waals surface area contributed by atoms with Gasteiger partial charge in [-0.3, -0.25) is 14.4 Å². The highest BCUT2D eigenvalue weighted by molar-refractivity contribution is 5.71. The maximum Gasteiger partial charge on any atom is 0.306 e. The van der Waals surface area contributed by atoms with Gasteiger partial charge in [-0.1, -0.05) is 231 Å². The van der Waals surface area contributed by atoms with Crippen molar-refractivity contribution in [3.63, 3.8) is 0 Å². The normalized spacial score (nSPS) is 13.1. The zero-order valence-corrected chi connectivity index (χ0v) is 44.3. The molecule has 0 aromatic carbocycles. The number of hydrogen-bond donors (Lipinski definition) is 0. The van der Waals surface area contributed by atoms with Crippen LogP contribution in [0.15, 0.2) is 134 Å². The second-order valence-corrected chi connectivity index (χ2v) is 17.7. The van der Waals surface area contributed by atoms with Crippen LogP contribution in [0.3, 0.4) is 0 Å². The molecule has 0 fully saturated rings. The van der Waals surface area contributed by atoms with Gasteiger partial charge in [0.2, 0.25) is 0 Å². The van der Waals surface area contributed by atoms with Gasteiger partial charge in [0, 0.05) is 19.3 Å². The highest BCUT2D eigenvalue weighted by Gasteiger charge is 2.19. The van der Waals surface area contributed by atoms with Gasteiger partial charge in [0.05, 0.1) is 0 Å². The van der Waals surface area contributed by atoms with Crippen LogP contribution in [0.2, 0.25) is 0 Å². The molecule has 0 saturated carbocycles. The van der Waals surface area contributed by atoms with E-state index in [9.17, 15) is 14.4 Å². The van der Waals surface area contributed by atoms with E-state index < -0.39 is 12.1 Å². The minimum atomic E-state index is -0.854. The van der Waals surface area contributed by atoms with E-state index in [0.29, 0.717) is 19.3 Å². The molecule has 0 N–H and O–H groups in total. The molecule has 0 rings (SSSR count). The molecule has 0 aliphatic rings. The summed E-state index contributed by atoms with van der Waals surface area (Å²) < 4.78 is 16.7. The first kappa shape index (κ1) is 64.5. The van der Waals surface area contributed by atoms with Crippen LogP contribution in [-0.4, -0.2) is 37.2 Å². The average Bonchev–Trinajstić information content (AvgIpc) is 3.35. The minimum absolute atomic E-state index is 0.137. The molecule has 0 heterocycles. The molecular weight excluding hydrogens is 853 g/mol. The van der Waals surface area contributed by atoms with Crippen molar-refractivity contribution in [1.29, 1.82) is 0 Å². The molecule has 0 aliphatic carbocycles. The van der Waals surface area contributed by atoms with E-state index >= 15 is 0 Å². The number of carbonyl (C=O) groups is 3. The number of rotatable bonds is 48. The first-order chi connectivity index (χ1) is 34.0. The first-order valence-electron chi connectivity index (χ1n) is 27.7. The Labute approximate surface area is 424 Å². The Balaban J connectivity index is 4.59. The zero-order chi connectivity index (χ0) is 50.0. The summed E-state index contributed by atoms with van der Waals surface area (Å²) in [5.74, 6) is -1.12. The van der Waals surface area contributed by atoms with Crippen molar-refractivity contribution in [2.24, 2.45) is 0 Å². The van der Waals surface area contributed by atoms with Gasteiger partial charge < -0.3 is 14.2 Å². The molecule has 1 atom stereocenters. The second kappa shape index (κ2) is 56.1. The Morgan fingerprint density at radius 1 is 0.304 bits per heavy atom. The number of carbonyl (C=O) groups excluding carboxylic acids is 3. The fourth-order valence-electron chi connectivity index (χ4n) is 7.06. The molecule has 0 amide bonds. The maximum atomic E-state index is 12.8. The third-order valence-corrected chi connectivity index (χ3v) is 11.1. The fourth-order valence-corrected chi connectivity index (χ4v) is 7.06. The van der Waals surface area contributed by atoms with Gasteiger partial charge in [0.15, 0.2) is 6.10 Å². The molecule has 0 spiro atoms. The summed E-state index contributed by atoms with van der Waals surface area (Å²) >= 11 is 0. The number of hydrogen-bond acceptors (Lipinski definition) is 6. The Morgan fingerprint density at radius 2 is 0.594 bits per heavy atom. The predicted octanol–water partition coefficient (Wildman–Crippen LogP) is 18.6. The van der Waals surface area contributed by atoms with E-state index in [1.165, 1.54) is 89.9 Å². The molecule has 0 radical (unpaired) electrons. The van der Waals surface area contributed by atoms with Crippen LogP contribution in [0.25, 0.3) is 0 Å². The molecule has 6 nitrogen and oxygen atoms in total. The van der Waals surface area contributed by atoms with Crippen molar-refractivity contribution in [1.82, 2.24) is 0 Å². The van der Waals surface area contributed by atoms with Gasteiger partial charge in [-0.15, -0.1) is 0 Å². The number of allylic oxidation sites excluding steroid dienone is 22. The van der Waals surface area contributed by atoms with E-state index in [1.54, 1.807) is 0 Å². The minimum Gasteiger partial charge on any atom is -0.462 e. The molecule has 6 heteroatoms. The van der Waals surface area contributed by atoms with Gasteiger partial charge in [-0.2, -0.15) is 0 Å². The van der Waals surface area contributed by atoms with Gasteiger partial charge in [-0.25, -0.2) is 0 Å². The van der Waals surface area contributed by atoms with Crippen LogP contribution in [0.1, 0.15) is 226 Å². The van der Waals surface area contributed by atoms with Crippen LogP contribution in [0, 0.1) is 0 Å². The molecule has 0 saturated heterocycles. The molecule has 0 aliphatic heterocycles. The van der Waals surface area contributed by atoms with E-state index in [1.807, 2.05) is 24.3 Å². The topological polar surface area (TPSA) is 78.9 Å². The molecule has 1 unspecified atom stereocenters. The molecule has 69 heavy (non-hydrogen) atoms. The van der Waals surface area contributed by atoms with E-state index in [0.717, 1.165) is 83.5 Å². The highest BCUT2D eigenvalue weighted by atomic mass is 16.6. The van der Waals surface area contributed by atoms with Crippen molar-refractivity contribution in [3.05, 3.63) is 134 Å². The van der Waals surface area contributed by atoms with Crippen molar-refractivity contribution in [3.8, 4) is 0 Å². The number of esters is 3. The Kier molecular flexibility index (Phi) is 52.5. The quantitative estimate of drug-likeness (QED) is 0.0262. The summed E-state index contributed by atoms with van der Waals surface area (Å²) in [6.07, 6.45) is 79.0. The second-order valence-electron chi connectivity index (χ2n) is 17.7. The van der Waals surface area contributed by atoms with E-state index in [2.05, 4.69) is 130 Å². The average molecular weight is 953 g/mol. The third-order valence-electron chi connectivity index (χ3n) is 11.1. The lowest BCUT2D eigenvalue weighted by atomic mass is 10.1. The maximum absolute atomic E-state index is 12.8. The lowest BCUT2D eigenvalue weighted by molar-refractivity contribution is -0.166. The number of ether oxygens (including phenoxy) is 3. The summed E-state index contributed by atoms with van der Waals surface area (Å²) in [6, 6.07) is 0. The molecule has 388 valence electrons. The highest BCUT2D eigenvalue weighted by Crippen LogP contribution is 2.13. The largest absolute Gasteiger partial charge is 0.462 e. The van der Waals surface area contributed by atoms with Crippen molar-refractivity contribution < 1.29 is 28.6 Å². The van der Waals surface area contributed by atoms with Gasteiger partial charge in [0.1, 0.15) is 13.2 Å².